The van der Waals surface area contributed by atoms with Gasteiger partial charge < -0.3 is 23.9 Å². The highest BCUT2D eigenvalue weighted by Gasteiger charge is 2.23. The van der Waals surface area contributed by atoms with Gasteiger partial charge in [0.05, 0.1) is 11.1 Å². The third kappa shape index (κ3) is 3.64. The molecular formula is C22H14FNO7. The molecule has 8 nitrogen and oxygen atoms in total. The van der Waals surface area contributed by atoms with Crippen LogP contribution in [0.15, 0.2) is 59.0 Å². The summed E-state index contributed by atoms with van der Waals surface area (Å²) >= 11 is 0. The highest BCUT2D eigenvalue weighted by atomic mass is 19.1. The van der Waals surface area contributed by atoms with E-state index in [-0.39, 0.29) is 29.0 Å². The Morgan fingerprint density at radius 2 is 1.77 bits per heavy atom. The Balaban J connectivity index is 1.66. The summed E-state index contributed by atoms with van der Waals surface area (Å²) in [6.45, 7) is 0.00110. The van der Waals surface area contributed by atoms with E-state index in [1.807, 2.05) is 0 Å². The molecule has 0 aliphatic rings. The van der Waals surface area contributed by atoms with Gasteiger partial charge in [0.25, 0.3) is 0 Å². The van der Waals surface area contributed by atoms with Crippen molar-refractivity contribution in [1.29, 1.82) is 0 Å². The number of fused-ring (bicyclic) bond motifs is 1. The number of hydrogen-bond donors (Lipinski definition) is 2. The highest BCUT2D eigenvalue weighted by molar-refractivity contribution is 6.10. The van der Waals surface area contributed by atoms with Gasteiger partial charge in [0, 0.05) is 11.1 Å². The van der Waals surface area contributed by atoms with Crippen LogP contribution in [-0.2, 0) is 6.61 Å². The van der Waals surface area contributed by atoms with Gasteiger partial charge in [-0.25, -0.2) is 14.0 Å². The number of carboxylic acids is 2. The molecule has 0 aliphatic carbocycles. The van der Waals surface area contributed by atoms with Gasteiger partial charge in [-0.2, -0.15) is 0 Å². The standard InChI is InChI=1S/C22H14FNO7/c23-12-1-7-17-16(9-12)20(22(28)29)18(10-25)24(17)13-2-4-14(5-3-13)30-11-15-6-8-19(31-15)21(26)27/h1-10H,11H2,(H,26,27)(H,28,29). The maximum absolute atomic E-state index is 13.7. The van der Waals surface area contributed by atoms with E-state index in [2.05, 4.69) is 0 Å². The number of carbonyl (C=O) groups excluding carboxylic acids is 1. The third-order valence-electron chi connectivity index (χ3n) is 4.64. The minimum atomic E-state index is -1.34. The van der Waals surface area contributed by atoms with Crippen LogP contribution < -0.4 is 4.74 Å². The van der Waals surface area contributed by atoms with Crippen molar-refractivity contribution in [3.8, 4) is 11.4 Å². The first-order chi connectivity index (χ1) is 14.9. The zero-order valence-corrected chi connectivity index (χ0v) is 15.7. The van der Waals surface area contributed by atoms with Gasteiger partial charge >= 0.3 is 11.9 Å². The van der Waals surface area contributed by atoms with Crippen LogP contribution in [0.3, 0.4) is 0 Å². The van der Waals surface area contributed by atoms with Crippen molar-refractivity contribution in [2.75, 3.05) is 0 Å². The third-order valence-corrected chi connectivity index (χ3v) is 4.64. The monoisotopic (exact) mass is 423 g/mol. The quantitative estimate of drug-likeness (QED) is 0.429. The second-order valence-corrected chi connectivity index (χ2v) is 6.53. The fourth-order valence-corrected chi connectivity index (χ4v) is 3.31. The molecule has 0 atom stereocenters. The molecular weight excluding hydrogens is 409 g/mol. The topological polar surface area (TPSA) is 119 Å². The lowest BCUT2D eigenvalue weighted by Crippen LogP contribution is -2.05. The van der Waals surface area contributed by atoms with Crippen LogP contribution in [-0.4, -0.2) is 33.0 Å². The number of carbonyl (C=O) groups is 3. The van der Waals surface area contributed by atoms with Gasteiger partial charge in [-0.1, -0.05) is 0 Å². The van der Waals surface area contributed by atoms with Gasteiger partial charge in [-0.05, 0) is 54.6 Å². The average Bonchev–Trinajstić information content (AvgIpc) is 3.35. The number of aromatic carboxylic acids is 2. The normalized spacial score (nSPS) is 10.9. The summed E-state index contributed by atoms with van der Waals surface area (Å²) in [5.74, 6) is -2.56. The largest absolute Gasteiger partial charge is 0.486 e. The lowest BCUT2D eigenvalue weighted by atomic mass is 10.1. The molecule has 2 N–H and O–H groups in total. The first kappa shape index (κ1) is 19.9. The summed E-state index contributed by atoms with van der Waals surface area (Å²) in [7, 11) is 0. The van der Waals surface area contributed by atoms with Gasteiger partial charge in [-0.3, -0.25) is 4.79 Å². The molecule has 4 aromatic rings. The van der Waals surface area contributed by atoms with Crippen molar-refractivity contribution in [2.45, 2.75) is 6.61 Å². The lowest BCUT2D eigenvalue weighted by Gasteiger charge is -2.10. The van der Waals surface area contributed by atoms with Crippen molar-refractivity contribution < 1.29 is 38.1 Å². The van der Waals surface area contributed by atoms with E-state index < -0.39 is 17.8 Å². The Kier molecular flexibility index (Phi) is 5.00. The molecule has 31 heavy (non-hydrogen) atoms. The van der Waals surface area contributed by atoms with E-state index >= 15 is 0 Å². The van der Waals surface area contributed by atoms with Gasteiger partial charge in [0.1, 0.15) is 29.6 Å². The number of hydrogen-bond acceptors (Lipinski definition) is 5. The number of benzene rings is 2. The van der Waals surface area contributed by atoms with E-state index in [9.17, 15) is 23.9 Å². The molecule has 9 heteroatoms. The zero-order valence-electron chi connectivity index (χ0n) is 15.7. The van der Waals surface area contributed by atoms with Crippen LogP contribution in [0.25, 0.3) is 16.6 Å². The first-order valence-electron chi connectivity index (χ1n) is 8.96. The maximum atomic E-state index is 13.7. The predicted molar refractivity (Wildman–Crippen MR) is 106 cm³/mol. The second kappa shape index (κ2) is 7.79. The van der Waals surface area contributed by atoms with Crippen LogP contribution in [0.2, 0.25) is 0 Å². The van der Waals surface area contributed by atoms with E-state index in [1.165, 1.54) is 28.8 Å². The summed E-state index contributed by atoms with van der Waals surface area (Å²) in [5.41, 5.74) is 0.450. The first-order valence-corrected chi connectivity index (χ1v) is 8.96. The van der Waals surface area contributed by atoms with Crippen molar-refractivity contribution in [3.05, 3.63) is 83.2 Å². The number of carboxylic acid groups (broad SMARTS) is 2. The number of aromatic nitrogens is 1. The lowest BCUT2D eigenvalue weighted by molar-refractivity contribution is 0.0655. The fourth-order valence-electron chi connectivity index (χ4n) is 3.31. The molecule has 0 aliphatic heterocycles. The number of halogens is 1. The zero-order chi connectivity index (χ0) is 22.1. The molecule has 4 rings (SSSR count). The predicted octanol–water partition coefficient (Wildman–Crippen LogP) is 4.15. The Labute approximate surface area is 173 Å². The van der Waals surface area contributed by atoms with E-state index in [4.69, 9.17) is 14.3 Å². The highest BCUT2D eigenvalue weighted by Crippen LogP contribution is 2.30. The summed E-state index contributed by atoms with van der Waals surface area (Å²) in [5, 5.41) is 18.5. The summed E-state index contributed by atoms with van der Waals surface area (Å²) < 4.78 is 25.8. The van der Waals surface area contributed by atoms with Gasteiger partial charge in [0.15, 0.2) is 6.29 Å². The minimum absolute atomic E-state index is 0.00110. The van der Waals surface area contributed by atoms with E-state index in [1.54, 1.807) is 24.3 Å². The summed E-state index contributed by atoms with van der Waals surface area (Å²) in [6, 6.07) is 12.9. The van der Waals surface area contributed by atoms with Crippen LogP contribution in [0, 0.1) is 5.82 Å². The van der Waals surface area contributed by atoms with Crippen molar-refractivity contribution in [3.63, 3.8) is 0 Å². The molecule has 0 radical (unpaired) electrons. The molecule has 0 amide bonds. The van der Waals surface area contributed by atoms with Crippen LogP contribution >= 0.6 is 0 Å². The fraction of sp³-hybridized carbons (Fsp3) is 0.0455. The average molecular weight is 423 g/mol. The number of nitrogens with zero attached hydrogens (tertiary/aromatic N) is 1. The Morgan fingerprint density at radius 3 is 2.39 bits per heavy atom. The Bertz CT molecular complexity index is 1320. The van der Waals surface area contributed by atoms with Gasteiger partial charge in [-0.15, -0.1) is 0 Å². The minimum Gasteiger partial charge on any atom is -0.486 e. The molecule has 0 unspecified atom stereocenters. The molecule has 2 aromatic carbocycles. The molecule has 0 saturated heterocycles. The number of furan rings is 1. The smallest absolute Gasteiger partial charge is 0.371 e. The molecule has 2 heterocycles. The molecule has 0 spiro atoms. The maximum Gasteiger partial charge on any atom is 0.371 e. The summed E-state index contributed by atoms with van der Waals surface area (Å²) in [4.78, 5) is 34.3. The van der Waals surface area contributed by atoms with Crippen LogP contribution in [0.4, 0.5) is 4.39 Å². The van der Waals surface area contributed by atoms with Crippen LogP contribution in [0.5, 0.6) is 5.75 Å². The molecule has 2 aromatic heterocycles. The molecule has 0 fully saturated rings. The van der Waals surface area contributed by atoms with Crippen molar-refractivity contribution in [2.24, 2.45) is 0 Å². The number of rotatable bonds is 7. The second-order valence-electron chi connectivity index (χ2n) is 6.53. The molecule has 0 bridgehead atoms. The number of ether oxygens (including phenoxy) is 1. The number of aldehydes is 1. The van der Waals surface area contributed by atoms with E-state index in [0.717, 1.165) is 6.07 Å². The Hall–Kier alpha value is -4.40. The summed E-state index contributed by atoms with van der Waals surface area (Å²) in [6.07, 6.45) is 0.419. The van der Waals surface area contributed by atoms with Crippen LogP contribution in [0.1, 0.15) is 37.2 Å². The van der Waals surface area contributed by atoms with Crippen molar-refractivity contribution in [1.82, 2.24) is 4.57 Å². The SMILES string of the molecule is O=Cc1c(C(=O)O)c2cc(F)ccc2n1-c1ccc(OCc2ccc(C(=O)O)o2)cc1. The van der Waals surface area contributed by atoms with Gasteiger partial charge in [0.2, 0.25) is 5.76 Å². The molecule has 0 saturated carbocycles. The van der Waals surface area contributed by atoms with Crippen molar-refractivity contribution >= 4 is 29.1 Å². The molecule has 156 valence electrons. The van der Waals surface area contributed by atoms with E-state index in [0.29, 0.717) is 29.0 Å². The Morgan fingerprint density at radius 1 is 1.03 bits per heavy atom.